The number of hydrogen-bond acceptors (Lipinski definition) is 3. The van der Waals surface area contributed by atoms with E-state index in [-0.39, 0.29) is 6.61 Å². The number of aliphatic hydroxyl groups is 1. The van der Waals surface area contributed by atoms with Gasteiger partial charge in [-0.05, 0) is 30.5 Å². The number of aromatic amines is 1. The van der Waals surface area contributed by atoms with Gasteiger partial charge in [0.2, 0.25) is 0 Å². The lowest BCUT2D eigenvalue weighted by atomic mass is 9.92. The maximum Gasteiger partial charge on any atom is 0.132 e. The molecule has 0 saturated carbocycles. The van der Waals surface area contributed by atoms with Crippen LogP contribution in [0.5, 0.6) is 5.75 Å². The van der Waals surface area contributed by atoms with Crippen molar-refractivity contribution in [3.63, 3.8) is 0 Å². The molecule has 1 aromatic carbocycles. The number of aliphatic hydroxyl groups excluding tert-OH is 1. The molecule has 4 heteroatoms. The first-order valence-electron chi connectivity index (χ1n) is 5.67. The highest BCUT2D eigenvalue weighted by Gasteiger charge is 2.20. The Hall–Kier alpha value is -1.81. The molecule has 17 heavy (non-hydrogen) atoms. The second-order valence-electron chi connectivity index (χ2n) is 4.19. The number of hydrogen-bond donors (Lipinski definition) is 2. The van der Waals surface area contributed by atoms with E-state index in [4.69, 9.17) is 9.84 Å². The van der Waals surface area contributed by atoms with Gasteiger partial charge in [-0.1, -0.05) is 6.07 Å². The number of aryl methyl sites for hydroxylation is 2. The first-order chi connectivity index (χ1) is 8.31. The zero-order valence-electron chi connectivity index (χ0n) is 9.66. The number of fused-ring (bicyclic) bond motifs is 3. The molecule has 1 aliphatic carbocycles. The van der Waals surface area contributed by atoms with Gasteiger partial charge in [-0.25, -0.2) is 4.98 Å². The summed E-state index contributed by atoms with van der Waals surface area (Å²) in [7, 11) is 1.66. The molecule has 0 saturated heterocycles. The number of H-pyrrole nitrogens is 1. The molecule has 0 fully saturated rings. The van der Waals surface area contributed by atoms with E-state index in [1.807, 2.05) is 12.1 Å². The summed E-state index contributed by atoms with van der Waals surface area (Å²) in [6, 6.07) is 6.07. The van der Waals surface area contributed by atoms with Crippen LogP contribution in [-0.4, -0.2) is 22.2 Å². The van der Waals surface area contributed by atoms with E-state index >= 15 is 0 Å². The molecule has 0 bridgehead atoms. The predicted molar refractivity (Wildman–Crippen MR) is 63.9 cm³/mol. The van der Waals surface area contributed by atoms with Crippen molar-refractivity contribution in [2.45, 2.75) is 19.4 Å². The number of nitrogens with one attached hydrogen (secondary N) is 1. The van der Waals surface area contributed by atoms with E-state index in [1.54, 1.807) is 7.11 Å². The van der Waals surface area contributed by atoms with Gasteiger partial charge in [0.15, 0.2) is 0 Å². The molecule has 0 radical (unpaired) electrons. The summed E-state index contributed by atoms with van der Waals surface area (Å²) in [4.78, 5) is 7.58. The number of aromatic nitrogens is 2. The van der Waals surface area contributed by atoms with Gasteiger partial charge in [0.1, 0.15) is 18.2 Å². The Labute approximate surface area is 99.3 Å². The standard InChI is InChI=1S/C13H14N2O2/c1-17-9-4-2-8-3-5-11-13(10(8)6-9)15-12(7-16)14-11/h2,4,6,16H,3,5,7H2,1H3,(H,14,15). The summed E-state index contributed by atoms with van der Waals surface area (Å²) >= 11 is 0. The van der Waals surface area contributed by atoms with E-state index in [1.165, 1.54) is 5.56 Å². The minimum absolute atomic E-state index is 0.0493. The van der Waals surface area contributed by atoms with Crippen molar-refractivity contribution in [3.8, 4) is 17.0 Å². The normalized spacial score (nSPS) is 13.1. The van der Waals surface area contributed by atoms with Crippen LogP contribution in [-0.2, 0) is 19.4 Å². The van der Waals surface area contributed by atoms with E-state index < -0.39 is 0 Å². The SMILES string of the molecule is COc1ccc2c(c1)-c1nc(CO)[nH]c1CC2. The van der Waals surface area contributed by atoms with Gasteiger partial charge in [0.25, 0.3) is 0 Å². The van der Waals surface area contributed by atoms with E-state index in [9.17, 15) is 0 Å². The fourth-order valence-electron chi connectivity index (χ4n) is 2.32. The van der Waals surface area contributed by atoms with Crippen LogP contribution in [0.4, 0.5) is 0 Å². The van der Waals surface area contributed by atoms with Crippen molar-refractivity contribution >= 4 is 0 Å². The zero-order chi connectivity index (χ0) is 11.8. The highest BCUT2D eigenvalue weighted by Crippen LogP contribution is 2.34. The Morgan fingerprint density at radius 1 is 1.41 bits per heavy atom. The van der Waals surface area contributed by atoms with Crippen LogP contribution in [0.25, 0.3) is 11.3 Å². The molecule has 1 heterocycles. The number of nitrogens with zero attached hydrogens (tertiary/aromatic N) is 1. The Balaban J connectivity index is 2.16. The maximum absolute atomic E-state index is 9.12. The van der Waals surface area contributed by atoms with Crippen molar-refractivity contribution in [3.05, 3.63) is 35.3 Å². The molecule has 0 spiro atoms. The summed E-state index contributed by atoms with van der Waals surface area (Å²) in [5.41, 5.74) is 4.46. The highest BCUT2D eigenvalue weighted by molar-refractivity contribution is 5.70. The van der Waals surface area contributed by atoms with Gasteiger partial charge >= 0.3 is 0 Å². The minimum atomic E-state index is -0.0493. The zero-order valence-corrected chi connectivity index (χ0v) is 9.66. The van der Waals surface area contributed by atoms with Crippen LogP contribution in [0.15, 0.2) is 18.2 Å². The number of rotatable bonds is 2. The lowest BCUT2D eigenvalue weighted by molar-refractivity contribution is 0.272. The molecule has 0 amide bonds. The lowest BCUT2D eigenvalue weighted by Gasteiger charge is -2.15. The Morgan fingerprint density at radius 3 is 3.06 bits per heavy atom. The van der Waals surface area contributed by atoms with Gasteiger partial charge in [0.05, 0.1) is 12.8 Å². The number of methoxy groups -OCH3 is 1. The van der Waals surface area contributed by atoms with Crippen molar-refractivity contribution in [2.75, 3.05) is 7.11 Å². The number of benzene rings is 1. The number of ether oxygens (including phenoxy) is 1. The second-order valence-corrected chi connectivity index (χ2v) is 4.19. The third kappa shape index (κ3) is 1.61. The molecule has 1 aliphatic rings. The maximum atomic E-state index is 9.12. The monoisotopic (exact) mass is 230 g/mol. The molecule has 2 aromatic rings. The molecule has 0 aliphatic heterocycles. The van der Waals surface area contributed by atoms with E-state index in [0.29, 0.717) is 5.82 Å². The smallest absolute Gasteiger partial charge is 0.132 e. The Bertz CT molecular complexity index is 561. The molecule has 2 N–H and O–H groups in total. The summed E-state index contributed by atoms with van der Waals surface area (Å²) in [6.07, 6.45) is 1.95. The lowest BCUT2D eigenvalue weighted by Crippen LogP contribution is -2.03. The van der Waals surface area contributed by atoms with Crippen LogP contribution >= 0.6 is 0 Å². The minimum Gasteiger partial charge on any atom is -0.497 e. The third-order valence-corrected chi connectivity index (χ3v) is 3.19. The van der Waals surface area contributed by atoms with Crippen LogP contribution in [0.2, 0.25) is 0 Å². The van der Waals surface area contributed by atoms with Crippen LogP contribution in [0, 0.1) is 0 Å². The first kappa shape index (κ1) is 10.4. The number of imidazole rings is 1. The van der Waals surface area contributed by atoms with E-state index in [2.05, 4.69) is 16.0 Å². The molecule has 88 valence electrons. The highest BCUT2D eigenvalue weighted by atomic mass is 16.5. The van der Waals surface area contributed by atoms with Gasteiger partial charge in [0, 0.05) is 11.3 Å². The molecule has 3 rings (SSSR count). The van der Waals surface area contributed by atoms with Crippen LogP contribution in [0.3, 0.4) is 0 Å². The molecule has 0 unspecified atom stereocenters. The summed E-state index contributed by atoms with van der Waals surface area (Å²) < 4.78 is 5.24. The Morgan fingerprint density at radius 2 is 2.29 bits per heavy atom. The summed E-state index contributed by atoms with van der Waals surface area (Å²) in [5.74, 6) is 1.47. The molecule has 1 aromatic heterocycles. The van der Waals surface area contributed by atoms with Gasteiger partial charge in [-0.3, -0.25) is 0 Å². The average molecular weight is 230 g/mol. The largest absolute Gasteiger partial charge is 0.497 e. The molecular formula is C13H14N2O2. The molecular weight excluding hydrogens is 216 g/mol. The summed E-state index contributed by atoms with van der Waals surface area (Å²) in [6.45, 7) is -0.0493. The fourth-order valence-corrected chi connectivity index (χ4v) is 2.32. The topological polar surface area (TPSA) is 58.1 Å². The van der Waals surface area contributed by atoms with Crippen molar-refractivity contribution < 1.29 is 9.84 Å². The molecule has 4 nitrogen and oxygen atoms in total. The fraction of sp³-hybridized carbons (Fsp3) is 0.308. The van der Waals surface area contributed by atoms with Crippen LogP contribution < -0.4 is 4.74 Å². The van der Waals surface area contributed by atoms with Gasteiger partial charge in [-0.2, -0.15) is 0 Å². The van der Waals surface area contributed by atoms with Crippen molar-refractivity contribution in [1.82, 2.24) is 9.97 Å². The molecule has 0 atom stereocenters. The predicted octanol–water partition coefficient (Wildman–Crippen LogP) is 1.68. The Kier molecular flexibility index (Phi) is 2.37. The van der Waals surface area contributed by atoms with Gasteiger partial charge in [-0.15, -0.1) is 0 Å². The second kappa shape index (κ2) is 3.89. The third-order valence-electron chi connectivity index (χ3n) is 3.19. The van der Waals surface area contributed by atoms with Crippen molar-refractivity contribution in [2.24, 2.45) is 0 Å². The quantitative estimate of drug-likeness (QED) is 0.825. The van der Waals surface area contributed by atoms with E-state index in [0.717, 1.165) is 35.5 Å². The summed E-state index contributed by atoms with van der Waals surface area (Å²) in [5, 5.41) is 9.12. The van der Waals surface area contributed by atoms with Gasteiger partial charge < -0.3 is 14.8 Å². The van der Waals surface area contributed by atoms with Crippen molar-refractivity contribution in [1.29, 1.82) is 0 Å². The van der Waals surface area contributed by atoms with Crippen LogP contribution in [0.1, 0.15) is 17.1 Å². The average Bonchev–Trinajstić information content (AvgIpc) is 2.81. The first-order valence-corrected chi connectivity index (χ1v) is 5.67.